The highest BCUT2D eigenvalue weighted by atomic mass is 16.6. The molecule has 2 unspecified atom stereocenters. The van der Waals surface area contributed by atoms with E-state index in [1.807, 2.05) is 0 Å². The van der Waals surface area contributed by atoms with Gasteiger partial charge in [0.15, 0.2) is 6.10 Å². The fourth-order valence-corrected chi connectivity index (χ4v) is 1.59. The van der Waals surface area contributed by atoms with Crippen LogP contribution in [-0.4, -0.2) is 40.9 Å². The van der Waals surface area contributed by atoms with Gasteiger partial charge in [-0.2, -0.15) is 0 Å². The smallest absolute Gasteiger partial charge is 0.338 e. The van der Waals surface area contributed by atoms with Crippen molar-refractivity contribution in [2.45, 2.75) is 19.1 Å². The first-order chi connectivity index (χ1) is 9.42. The van der Waals surface area contributed by atoms with E-state index in [0.717, 1.165) is 6.07 Å². The molecule has 20 heavy (non-hydrogen) atoms. The van der Waals surface area contributed by atoms with E-state index in [2.05, 4.69) is 4.74 Å². The molecule has 1 aromatic rings. The van der Waals surface area contributed by atoms with E-state index >= 15 is 0 Å². The van der Waals surface area contributed by atoms with Gasteiger partial charge in [0.25, 0.3) is 5.69 Å². The number of hydrogen-bond acceptors (Lipinski definition) is 7. The zero-order valence-electron chi connectivity index (χ0n) is 11.0. The van der Waals surface area contributed by atoms with Crippen molar-refractivity contribution in [1.82, 2.24) is 0 Å². The molecule has 0 fully saturated rings. The standard InChI is InChI=1S/C12H15NO7/c1-3-20-12(16)11(15)10(14)8-6-7(19-2)4-5-9(8)13(17)18/h4-6,10-11,14-15H,3H2,1-2H3. The quantitative estimate of drug-likeness (QED) is 0.445. The zero-order chi connectivity index (χ0) is 15.3. The van der Waals surface area contributed by atoms with Gasteiger partial charge < -0.3 is 19.7 Å². The van der Waals surface area contributed by atoms with E-state index < -0.39 is 28.8 Å². The predicted octanol–water partition coefficient (Wildman–Crippen LogP) is 0.561. The zero-order valence-corrected chi connectivity index (χ0v) is 11.0. The summed E-state index contributed by atoms with van der Waals surface area (Å²) in [5.74, 6) is -0.808. The van der Waals surface area contributed by atoms with Crippen LogP contribution in [-0.2, 0) is 9.53 Å². The Balaban J connectivity index is 3.15. The minimum Gasteiger partial charge on any atom is -0.497 e. The minimum atomic E-state index is -1.92. The van der Waals surface area contributed by atoms with Gasteiger partial charge in [0.1, 0.15) is 11.9 Å². The maximum Gasteiger partial charge on any atom is 0.338 e. The van der Waals surface area contributed by atoms with Gasteiger partial charge in [-0.3, -0.25) is 10.1 Å². The van der Waals surface area contributed by atoms with Crippen molar-refractivity contribution in [3.05, 3.63) is 33.9 Å². The molecule has 2 N–H and O–H groups in total. The number of carbonyl (C=O) groups excluding carboxylic acids is 1. The summed E-state index contributed by atoms with van der Waals surface area (Å²) >= 11 is 0. The van der Waals surface area contributed by atoms with Crippen LogP contribution in [0.5, 0.6) is 5.75 Å². The molecule has 0 radical (unpaired) electrons. The number of aliphatic hydroxyl groups is 2. The summed E-state index contributed by atoms with van der Waals surface area (Å²) in [6.45, 7) is 1.55. The van der Waals surface area contributed by atoms with E-state index in [-0.39, 0.29) is 17.9 Å². The molecule has 0 aliphatic rings. The molecule has 8 nitrogen and oxygen atoms in total. The second-order valence-corrected chi connectivity index (χ2v) is 3.82. The number of carbonyl (C=O) groups is 1. The Labute approximate surface area is 114 Å². The van der Waals surface area contributed by atoms with Crippen LogP contribution in [0.3, 0.4) is 0 Å². The van der Waals surface area contributed by atoms with Crippen LogP contribution in [0.2, 0.25) is 0 Å². The van der Waals surface area contributed by atoms with Gasteiger partial charge in [0, 0.05) is 6.07 Å². The SMILES string of the molecule is CCOC(=O)C(O)C(O)c1cc(OC)ccc1[N+](=O)[O-]. The summed E-state index contributed by atoms with van der Waals surface area (Å²) in [7, 11) is 1.35. The fourth-order valence-electron chi connectivity index (χ4n) is 1.59. The molecule has 1 aromatic carbocycles. The Bertz CT molecular complexity index is 503. The van der Waals surface area contributed by atoms with Crippen molar-refractivity contribution in [1.29, 1.82) is 0 Å². The molecule has 0 aliphatic heterocycles. The molecule has 0 amide bonds. The van der Waals surface area contributed by atoms with Crippen LogP contribution in [0.4, 0.5) is 5.69 Å². The molecule has 2 atom stereocenters. The number of methoxy groups -OCH3 is 1. The maximum atomic E-state index is 11.4. The van der Waals surface area contributed by atoms with Crippen molar-refractivity contribution in [3.63, 3.8) is 0 Å². The van der Waals surface area contributed by atoms with Gasteiger partial charge in [0.05, 0.1) is 24.2 Å². The first-order valence-corrected chi connectivity index (χ1v) is 5.77. The van der Waals surface area contributed by atoms with Crippen molar-refractivity contribution >= 4 is 11.7 Å². The number of rotatable bonds is 6. The number of ether oxygens (including phenoxy) is 2. The normalized spacial score (nSPS) is 13.4. The monoisotopic (exact) mass is 285 g/mol. The molecule has 8 heteroatoms. The molecular weight excluding hydrogens is 270 g/mol. The lowest BCUT2D eigenvalue weighted by Crippen LogP contribution is -2.30. The molecule has 110 valence electrons. The molecule has 0 saturated heterocycles. The van der Waals surface area contributed by atoms with Gasteiger partial charge >= 0.3 is 5.97 Å². The van der Waals surface area contributed by atoms with Crippen LogP contribution in [0.15, 0.2) is 18.2 Å². The molecular formula is C12H15NO7. The lowest BCUT2D eigenvalue weighted by atomic mass is 10.0. The first kappa shape index (κ1) is 15.9. The third-order valence-electron chi connectivity index (χ3n) is 2.58. The number of hydrogen-bond donors (Lipinski definition) is 2. The third-order valence-corrected chi connectivity index (χ3v) is 2.58. The van der Waals surface area contributed by atoms with Gasteiger partial charge in [-0.05, 0) is 19.1 Å². The summed E-state index contributed by atoms with van der Waals surface area (Å²) in [5.41, 5.74) is -0.656. The average molecular weight is 285 g/mol. The highest BCUT2D eigenvalue weighted by Crippen LogP contribution is 2.31. The first-order valence-electron chi connectivity index (χ1n) is 5.77. The largest absolute Gasteiger partial charge is 0.497 e. The Morgan fingerprint density at radius 2 is 2.10 bits per heavy atom. The summed E-state index contributed by atoms with van der Waals surface area (Å²) in [6, 6.07) is 3.64. The number of esters is 1. The molecule has 0 aromatic heterocycles. The summed E-state index contributed by atoms with van der Waals surface area (Å²) in [5, 5.41) is 30.5. The maximum absolute atomic E-state index is 11.4. The topological polar surface area (TPSA) is 119 Å². The van der Waals surface area contributed by atoms with E-state index in [0.29, 0.717) is 0 Å². The highest BCUT2D eigenvalue weighted by molar-refractivity contribution is 5.75. The Kier molecular flexibility index (Phi) is 5.42. The van der Waals surface area contributed by atoms with Crippen molar-refractivity contribution < 1.29 is 29.4 Å². The van der Waals surface area contributed by atoms with Gasteiger partial charge in [-0.1, -0.05) is 0 Å². The molecule has 0 heterocycles. The predicted molar refractivity (Wildman–Crippen MR) is 67.2 cm³/mol. The third kappa shape index (κ3) is 3.43. The fraction of sp³-hybridized carbons (Fsp3) is 0.417. The molecule has 0 bridgehead atoms. The van der Waals surface area contributed by atoms with Crippen LogP contribution >= 0.6 is 0 Å². The van der Waals surface area contributed by atoms with E-state index in [9.17, 15) is 25.1 Å². The highest BCUT2D eigenvalue weighted by Gasteiger charge is 2.32. The molecule has 0 aliphatic carbocycles. The Morgan fingerprint density at radius 3 is 2.60 bits per heavy atom. The van der Waals surface area contributed by atoms with Gasteiger partial charge in [0.2, 0.25) is 0 Å². The molecule has 0 saturated carbocycles. The minimum absolute atomic E-state index is 0.0167. The molecule has 0 spiro atoms. The summed E-state index contributed by atoms with van der Waals surface area (Å²) in [4.78, 5) is 21.5. The van der Waals surface area contributed by atoms with Crippen LogP contribution in [0.1, 0.15) is 18.6 Å². The number of benzene rings is 1. The van der Waals surface area contributed by atoms with Crippen molar-refractivity contribution in [2.24, 2.45) is 0 Å². The lowest BCUT2D eigenvalue weighted by molar-refractivity contribution is -0.386. The van der Waals surface area contributed by atoms with Crippen LogP contribution < -0.4 is 4.74 Å². The van der Waals surface area contributed by atoms with Crippen LogP contribution in [0, 0.1) is 10.1 Å². The Hall–Kier alpha value is -2.19. The number of nitrogens with zero attached hydrogens (tertiary/aromatic N) is 1. The van der Waals surface area contributed by atoms with Crippen molar-refractivity contribution in [3.8, 4) is 5.75 Å². The van der Waals surface area contributed by atoms with Gasteiger partial charge in [-0.25, -0.2) is 4.79 Å². The average Bonchev–Trinajstić information content (AvgIpc) is 2.45. The summed E-state index contributed by atoms with van der Waals surface area (Å²) < 4.78 is 9.45. The Morgan fingerprint density at radius 1 is 1.45 bits per heavy atom. The number of nitro groups is 1. The second-order valence-electron chi connectivity index (χ2n) is 3.82. The molecule has 1 rings (SSSR count). The van der Waals surface area contributed by atoms with E-state index in [1.54, 1.807) is 0 Å². The summed E-state index contributed by atoms with van der Waals surface area (Å²) in [6.07, 6.45) is -3.70. The van der Waals surface area contributed by atoms with Crippen LogP contribution in [0.25, 0.3) is 0 Å². The van der Waals surface area contributed by atoms with Crippen molar-refractivity contribution in [2.75, 3.05) is 13.7 Å². The number of nitro benzene ring substituents is 1. The lowest BCUT2D eigenvalue weighted by Gasteiger charge is -2.17. The second kappa shape index (κ2) is 6.83. The number of aliphatic hydroxyl groups excluding tert-OH is 2. The van der Waals surface area contributed by atoms with E-state index in [4.69, 9.17) is 4.74 Å². The van der Waals surface area contributed by atoms with Gasteiger partial charge in [-0.15, -0.1) is 0 Å². The van der Waals surface area contributed by atoms with E-state index in [1.165, 1.54) is 26.2 Å².